The van der Waals surface area contributed by atoms with Crippen LogP contribution in [0.25, 0.3) is 27.6 Å². The number of aromatic amines is 1. The zero-order valence-corrected chi connectivity index (χ0v) is 24.7. The molecular weight excluding hydrogens is 563 g/mol. The Hall–Kier alpha value is -4.58. The van der Waals surface area contributed by atoms with Crippen molar-refractivity contribution in [1.82, 2.24) is 39.7 Å². The molecule has 1 aliphatic carbocycles. The van der Waals surface area contributed by atoms with Crippen molar-refractivity contribution in [2.24, 2.45) is 0 Å². The number of methoxy groups -OCH3 is 1. The van der Waals surface area contributed by atoms with Crippen LogP contribution in [0.3, 0.4) is 0 Å². The number of halogens is 1. The van der Waals surface area contributed by atoms with Crippen molar-refractivity contribution < 1.29 is 20.1 Å². The Balaban J connectivity index is 0.00000357. The van der Waals surface area contributed by atoms with Crippen LogP contribution in [-0.4, -0.2) is 104 Å². The first-order chi connectivity index (χ1) is 21.5. The van der Waals surface area contributed by atoms with E-state index >= 15 is 4.39 Å². The Labute approximate surface area is 255 Å². The number of nitrogens with one attached hydrogen (secondary N) is 1. The van der Waals surface area contributed by atoms with Crippen molar-refractivity contribution >= 4 is 28.3 Å². The average Bonchev–Trinajstić information content (AvgIpc) is 3.59. The van der Waals surface area contributed by atoms with Crippen molar-refractivity contribution in [3.63, 3.8) is 0 Å². The minimum atomic E-state index is -0.447. The van der Waals surface area contributed by atoms with Crippen molar-refractivity contribution in [1.29, 1.82) is 0 Å². The number of carbonyl (C=O) groups excluding carboxylic acids is 2. The van der Waals surface area contributed by atoms with Gasteiger partial charge in [-0.3, -0.25) is 24.2 Å². The molecule has 44 heavy (non-hydrogen) atoms. The number of aryl methyl sites for hydroxylation is 1. The molecule has 5 heterocycles. The number of H-pyrrole nitrogens is 1. The van der Waals surface area contributed by atoms with Gasteiger partial charge in [-0.1, -0.05) is 11.3 Å². The number of pyridine rings is 1. The van der Waals surface area contributed by atoms with Gasteiger partial charge in [0.25, 0.3) is 5.91 Å². The smallest absolute Gasteiger partial charge is 0.270 e. The maximum absolute atomic E-state index is 16.5. The van der Waals surface area contributed by atoms with Crippen LogP contribution in [0.1, 0.15) is 43.2 Å². The number of benzene rings is 1. The molecule has 2 amide bonds. The topological polar surface area (TPSA) is 112 Å². The van der Waals surface area contributed by atoms with E-state index in [1.807, 2.05) is 17.0 Å². The fourth-order valence-corrected chi connectivity index (χ4v) is 6.37. The zero-order valence-electron chi connectivity index (χ0n) is 24.7. The number of nitrogens with zero attached hydrogens (tertiary/aromatic N) is 7. The number of hydrogen-bond acceptors (Lipinski definition) is 7. The highest BCUT2D eigenvalue weighted by atomic mass is 19.1. The molecule has 1 saturated carbocycles. The number of rotatable bonds is 8. The first-order valence-corrected chi connectivity index (χ1v) is 15.2. The largest absolute Gasteiger partial charge is 0.494 e. The molecule has 0 bridgehead atoms. The summed E-state index contributed by atoms with van der Waals surface area (Å²) >= 11 is 0. The standard InChI is InChI=1S/C32H35FN8O3.H2/c1-44-28-19-34-8-6-23(28)25-17-24(21-3-2-10-40(20-21)29(42)7-11-41-12-9-35-37-41)30(33)31-26(25)18-27(36-31)32(43)39-15-13-38(14-16-39)22-4-5-22;/h3,6,8-9,12,17-19,22,36H,2,4-5,7,10-11,13-16,20H2,1H3;1H. The van der Waals surface area contributed by atoms with Crippen molar-refractivity contribution in [3.8, 4) is 16.9 Å². The Morgan fingerprint density at radius 2 is 1.91 bits per heavy atom. The third-order valence-electron chi connectivity index (χ3n) is 8.92. The lowest BCUT2D eigenvalue weighted by Crippen LogP contribution is -2.49. The summed E-state index contributed by atoms with van der Waals surface area (Å²) in [4.78, 5) is 40.1. The van der Waals surface area contributed by atoms with Crippen molar-refractivity contribution in [2.75, 3.05) is 46.4 Å². The molecule has 0 atom stereocenters. The minimum absolute atomic E-state index is 0. The number of hydrogen-bond donors (Lipinski definition) is 1. The third-order valence-corrected chi connectivity index (χ3v) is 8.92. The van der Waals surface area contributed by atoms with Gasteiger partial charge < -0.3 is 19.5 Å². The van der Waals surface area contributed by atoms with E-state index in [2.05, 4.69) is 25.2 Å². The van der Waals surface area contributed by atoms with Gasteiger partial charge in [0.1, 0.15) is 11.4 Å². The molecule has 1 aromatic carbocycles. The number of aromatic nitrogens is 5. The predicted molar refractivity (Wildman–Crippen MR) is 164 cm³/mol. The van der Waals surface area contributed by atoms with Gasteiger partial charge in [0.2, 0.25) is 5.91 Å². The molecule has 12 heteroatoms. The van der Waals surface area contributed by atoms with Crippen LogP contribution < -0.4 is 4.74 Å². The number of amides is 2. The molecule has 1 N–H and O–H groups in total. The summed E-state index contributed by atoms with van der Waals surface area (Å²) in [6.45, 7) is 4.28. The van der Waals surface area contributed by atoms with Crippen LogP contribution in [0.4, 0.5) is 4.39 Å². The van der Waals surface area contributed by atoms with Gasteiger partial charge in [0, 0.05) is 82.1 Å². The summed E-state index contributed by atoms with van der Waals surface area (Å²) in [6.07, 6.45) is 11.9. The summed E-state index contributed by atoms with van der Waals surface area (Å²) < 4.78 is 23.7. The van der Waals surface area contributed by atoms with Crippen molar-refractivity contribution in [3.05, 3.63) is 66.1 Å². The van der Waals surface area contributed by atoms with E-state index in [0.717, 1.165) is 29.8 Å². The monoisotopic (exact) mass is 600 g/mol. The molecule has 4 aromatic rings. The molecule has 0 radical (unpaired) electrons. The Kier molecular flexibility index (Phi) is 7.59. The second kappa shape index (κ2) is 11.8. The van der Waals surface area contributed by atoms with Gasteiger partial charge in [-0.2, -0.15) is 0 Å². The molecule has 1 saturated heterocycles. The van der Waals surface area contributed by atoms with Crippen molar-refractivity contribution in [2.45, 2.75) is 38.3 Å². The number of ether oxygens (including phenoxy) is 1. The van der Waals surface area contributed by atoms with Gasteiger partial charge in [0.15, 0.2) is 5.82 Å². The highest BCUT2D eigenvalue weighted by Gasteiger charge is 2.33. The SMILES string of the molecule is COc1cnccc1-c1cc(C2=CCCN(C(=O)CCn3ccnn3)C2)c(F)c2[nH]c(C(=O)N3CCN(C4CC4)CC3)cc12.[HH]. The molecular formula is C32H37FN8O3. The summed E-state index contributed by atoms with van der Waals surface area (Å²) in [5.74, 6) is -0.0684. The molecule has 2 aliphatic heterocycles. The predicted octanol–water partition coefficient (Wildman–Crippen LogP) is 3.84. The van der Waals surface area contributed by atoms with Gasteiger partial charge in [0.05, 0.1) is 31.6 Å². The average molecular weight is 601 g/mol. The third kappa shape index (κ3) is 5.45. The maximum Gasteiger partial charge on any atom is 0.270 e. The summed E-state index contributed by atoms with van der Waals surface area (Å²) in [5, 5.41) is 8.31. The van der Waals surface area contributed by atoms with E-state index in [9.17, 15) is 9.59 Å². The minimum Gasteiger partial charge on any atom is -0.494 e. The van der Waals surface area contributed by atoms with E-state index in [0.29, 0.717) is 61.0 Å². The highest BCUT2D eigenvalue weighted by molar-refractivity contribution is 6.05. The first kappa shape index (κ1) is 28.2. The second-order valence-corrected chi connectivity index (χ2v) is 11.6. The quantitative estimate of drug-likeness (QED) is 0.327. The van der Waals surface area contributed by atoms with E-state index < -0.39 is 5.82 Å². The lowest BCUT2D eigenvalue weighted by molar-refractivity contribution is -0.131. The van der Waals surface area contributed by atoms with Crippen LogP contribution >= 0.6 is 0 Å². The van der Waals surface area contributed by atoms with Gasteiger partial charge in [-0.25, -0.2) is 4.39 Å². The van der Waals surface area contributed by atoms with Gasteiger partial charge in [-0.05, 0) is 48.6 Å². The fraction of sp³-hybridized carbons (Fsp3) is 0.406. The maximum atomic E-state index is 16.5. The Bertz CT molecular complexity index is 1730. The van der Waals surface area contributed by atoms with Crippen LogP contribution in [0, 0.1) is 5.82 Å². The fourth-order valence-electron chi connectivity index (χ4n) is 6.37. The Morgan fingerprint density at radius 1 is 1.07 bits per heavy atom. The van der Waals surface area contributed by atoms with Crippen LogP contribution in [0.5, 0.6) is 5.75 Å². The lowest BCUT2D eigenvalue weighted by Gasteiger charge is -2.34. The van der Waals surface area contributed by atoms with E-state index in [1.54, 1.807) is 53.6 Å². The van der Waals surface area contributed by atoms with Gasteiger partial charge in [-0.15, -0.1) is 5.10 Å². The first-order valence-electron chi connectivity index (χ1n) is 15.2. The molecule has 11 nitrogen and oxygen atoms in total. The highest BCUT2D eigenvalue weighted by Crippen LogP contribution is 2.40. The second-order valence-electron chi connectivity index (χ2n) is 11.6. The van der Waals surface area contributed by atoms with Crippen LogP contribution in [0.2, 0.25) is 0 Å². The number of carbonyl (C=O) groups is 2. The van der Waals surface area contributed by atoms with E-state index in [1.165, 1.54) is 12.8 Å². The molecule has 3 aromatic heterocycles. The normalized spacial score (nSPS) is 17.6. The van der Waals surface area contributed by atoms with Crippen LogP contribution in [0.15, 0.2) is 49.1 Å². The molecule has 3 aliphatic rings. The Morgan fingerprint density at radius 3 is 2.66 bits per heavy atom. The van der Waals surface area contributed by atoms with Crippen LogP contribution in [-0.2, 0) is 11.3 Å². The van der Waals surface area contributed by atoms with E-state index in [4.69, 9.17) is 4.74 Å². The van der Waals surface area contributed by atoms with E-state index in [-0.39, 0.29) is 31.7 Å². The summed E-state index contributed by atoms with van der Waals surface area (Å²) in [7, 11) is 1.57. The molecule has 230 valence electrons. The molecule has 0 spiro atoms. The number of piperazine rings is 1. The molecule has 2 fully saturated rings. The summed E-state index contributed by atoms with van der Waals surface area (Å²) in [5.41, 5.74) is 3.18. The molecule has 7 rings (SSSR count). The lowest BCUT2D eigenvalue weighted by atomic mass is 9.93. The molecule has 0 unspecified atom stereocenters. The zero-order chi connectivity index (χ0) is 30.2. The van der Waals surface area contributed by atoms with Gasteiger partial charge >= 0.3 is 0 Å². The summed E-state index contributed by atoms with van der Waals surface area (Å²) in [6, 6.07) is 6.05. The number of fused-ring (bicyclic) bond motifs is 1.